The normalized spacial score (nSPS) is 27.7. The third-order valence-electron chi connectivity index (χ3n) is 9.53. The fraction of sp³-hybridized carbons (Fsp3) is 0.273. The number of amides is 3. The van der Waals surface area contributed by atoms with Crippen molar-refractivity contribution in [3.63, 3.8) is 0 Å². The van der Waals surface area contributed by atoms with Crippen LogP contribution >= 0.6 is 39.0 Å². The Morgan fingerprint density at radius 2 is 1.73 bits per heavy atom. The third kappa shape index (κ3) is 4.68. The molecule has 2 aliphatic heterocycles. The summed E-state index contributed by atoms with van der Waals surface area (Å²) in [6.07, 6.45) is 0.762. The number of carbonyl (C=O) groups is 3. The van der Waals surface area contributed by atoms with Gasteiger partial charge in [0.05, 0.1) is 22.5 Å². The number of hydrogen-bond acceptors (Lipinski definition) is 7. The van der Waals surface area contributed by atoms with E-state index in [0.29, 0.717) is 17.1 Å². The SMILES string of the molecule is O=C(COc1ccc(Br)cc1[C@H]1c2sc(=O)[nH]c2SC2C1[C@H]1C[C@@H]2C2C(=O)N(c3ccccc3)C(=O)C21)Nc1ccc(F)cc1. The highest BCUT2D eigenvalue weighted by molar-refractivity contribution is 9.10. The van der Waals surface area contributed by atoms with Crippen LogP contribution in [0.25, 0.3) is 0 Å². The van der Waals surface area contributed by atoms with Crippen molar-refractivity contribution < 1.29 is 23.5 Å². The highest BCUT2D eigenvalue weighted by Crippen LogP contribution is 2.69. The molecule has 3 heterocycles. The molecule has 8 rings (SSSR count). The van der Waals surface area contributed by atoms with Crippen LogP contribution in [0.5, 0.6) is 5.75 Å². The zero-order valence-corrected chi connectivity index (χ0v) is 26.7. The van der Waals surface area contributed by atoms with Gasteiger partial charge in [-0.05, 0) is 78.8 Å². The molecular weight excluding hydrogens is 681 g/mol. The summed E-state index contributed by atoms with van der Waals surface area (Å²) < 4.78 is 20.2. The predicted octanol–water partition coefficient (Wildman–Crippen LogP) is 6.03. The molecule has 1 aromatic heterocycles. The van der Waals surface area contributed by atoms with E-state index in [4.69, 9.17) is 4.74 Å². The Bertz CT molecular complexity index is 1920. The number of ether oxygens (including phenoxy) is 1. The van der Waals surface area contributed by atoms with E-state index < -0.39 is 23.6 Å². The van der Waals surface area contributed by atoms with Crippen LogP contribution in [0, 0.1) is 35.4 Å². The van der Waals surface area contributed by atoms with E-state index in [-0.39, 0.29) is 52.2 Å². The lowest BCUT2D eigenvalue weighted by atomic mass is 9.68. The monoisotopic (exact) mass is 705 g/mol. The second-order valence-electron chi connectivity index (χ2n) is 11.8. The van der Waals surface area contributed by atoms with Gasteiger partial charge in [-0.3, -0.25) is 24.1 Å². The number of anilines is 2. The van der Waals surface area contributed by atoms with Crippen LogP contribution in [0.4, 0.5) is 15.8 Å². The largest absolute Gasteiger partial charge is 0.483 e. The molecule has 3 amide bonds. The second-order valence-corrected chi connectivity index (χ2v) is 15.0. The van der Waals surface area contributed by atoms with Crippen molar-refractivity contribution in [2.75, 3.05) is 16.8 Å². The van der Waals surface area contributed by atoms with Crippen LogP contribution in [0.3, 0.4) is 0 Å². The summed E-state index contributed by atoms with van der Waals surface area (Å²) in [5, 5.41) is 3.52. The third-order valence-corrected chi connectivity index (χ3v) is 12.6. The maximum atomic E-state index is 14.0. The number of nitrogens with zero attached hydrogens (tertiary/aromatic N) is 1. The Labute approximate surface area is 273 Å². The van der Waals surface area contributed by atoms with Crippen LogP contribution in [0.2, 0.25) is 0 Å². The fourth-order valence-electron chi connectivity index (χ4n) is 7.96. The molecule has 7 atom stereocenters. The van der Waals surface area contributed by atoms with Crippen molar-refractivity contribution in [1.29, 1.82) is 0 Å². The van der Waals surface area contributed by atoms with Gasteiger partial charge in [0.25, 0.3) is 5.91 Å². The van der Waals surface area contributed by atoms with Crippen LogP contribution in [0.15, 0.2) is 87.1 Å². The smallest absolute Gasteiger partial charge is 0.305 e. The van der Waals surface area contributed by atoms with Gasteiger partial charge in [-0.2, -0.15) is 0 Å². The summed E-state index contributed by atoms with van der Waals surface area (Å²) >= 11 is 6.39. The summed E-state index contributed by atoms with van der Waals surface area (Å²) in [5.74, 6) is -1.81. The van der Waals surface area contributed by atoms with Gasteiger partial charge in [0.2, 0.25) is 11.8 Å². The van der Waals surface area contributed by atoms with Crippen molar-refractivity contribution in [3.8, 4) is 5.75 Å². The number of nitrogens with one attached hydrogen (secondary N) is 2. The van der Waals surface area contributed by atoms with Crippen molar-refractivity contribution in [3.05, 3.63) is 103 Å². The number of imide groups is 1. The van der Waals surface area contributed by atoms with E-state index in [0.717, 1.165) is 37.7 Å². The van der Waals surface area contributed by atoms with E-state index in [1.54, 1.807) is 30.0 Å². The highest BCUT2D eigenvalue weighted by Gasteiger charge is 2.69. The average Bonchev–Trinajstić information content (AvgIpc) is 3.77. The molecule has 2 aliphatic carbocycles. The molecule has 228 valence electrons. The number of aromatic amines is 1. The molecule has 3 aromatic carbocycles. The summed E-state index contributed by atoms with van der Waals surface area (Å²) in [6, 6.07) is 20.2. The minimum Gasteiger partial charge on any atom is -0.483 e. The van der Waals surface area contributed by atoms with Gasteiger partial charge in [0, 0.05) is 31.8 Å². The number of rotatable bonds is 6. The fourth-order valence-corrected chi connectivity index (χ4v) is 11.2. The Hall–Kier alpha value is -3.74. The molecule has 4 aliphatic rings. The summed E-state index contributed by atoms with van der Waals surface area (Å²) in [4.78, 5) is 58.4. The summed E-state index contributed by atoms with van der Waals surface area (Å²) in [6.45, 7) is -0.284. The molecule has 12 heteroatoms. The number of H-pyrrole nitrogens is 1. The first kappa shape index (κ1) is 28.7. The molecule has 1 saturated heterocycles. The summed E-state index contributed by atoms with van der Waals surface area (Å²) in [5.41, 5.74) is 1.86. The first-order chi connectivity index (χ1) is 21.8. The lowest BCUT2D eigenvalue weighted by molar-refractivity contribution is -0.123. The molecule has 45 heavy (non-hydrogen) atoms. The topological polar surface area (TPSA) is 109 Å². The van der Waals surface area contributed by atoms with E-state index in [9.17, 15) is 23.6 Å². The molecular formula is C33H25BrFN3O5S2. The van der Waals surface area contributed by atoms with Gasteiger partial charge in [-0.25, -0.2) is 4.39 Å². The van der Waals surface area contributed by atoms with E-state index in [2.05, 4.69) is 26.2 Å². The van der Waals surface area contributed by atoms with Gasteiger partial charge in [-0.15, -0.1) is 11.8 Å². The summed E-state index contributed by atoms with van der Waals surface area (Å²) in [7, 11) is 0. The highest BCUT2D eigenvalue weighted by atomic mass is 79.9. The molecule has 4 aromatic rings. The molecule has 2 saturated carbocycles. The van der Waals surface area contributed by atoms with Crippen molar-refractivity contribution >= 4 is 68.1 Å². The molecule has 4 unspecified atom stereocenters. The van der Waals surface area contributed by atoms with Crippen LogP contribution < -0.4 is 19.8 Å². The minimum atomic E-state index is -0.428. The molecule has 2 N–H and O–H groups in total. The molecule has 0 spiro atoms. The Balaban J connectivity index is 1.14. The molecule has 3 fully saturated rings. The Kier molecular flexibility index (Phi) is 6.99. The number of fused-ring (bicyclic) bond motifs is 9. The first-order valence-electron chi connectivity index (χ1n) is 14.6. The van der Waals surface area contributed by atoms with E-state index in [1.165, 1.54) is 29.2 Å². The number of aromatic nitrogens is 1. The average molecular weight is 707 g/mol. The zero-order valence-electron chi connectivity index (χ0n) is 23.4. The first-order valence-corrected chi connectivity index (χ1v) is 17.1. The van der Waals surface area contributed by atoms with Crippen molar-refractivity contribution in [2.45, 2.75) is 22.6 Å². The predicted molar refractivity (Wildman–Crippen MR) is 172 cm³/mol. The zero-order chi connectivity index (χ0) is 31.0. The van der Waals surface area contributed by atoms with Gasteiger partial charge in [0.1, 0.15) is 11.6 Å². The number of thioether (sulfide) groups is 1. The Morgan fingerprint density at radius 1 is 1.00 bits per heavy atom. The number of thiazole rings is 1. The van der Waals surface area contributed by atoms with Gasteiger partial charge < -0.3 is 15.0 Å². The van der Waals surface area contributed by atoms with Crippen molar-refractivity contribution in [2.24, 2.45) is 29.6 Å². The van der Waals surface area contributed by atoms with Crippen LogP contribution in [0.1, 0.15) is 22.8 Å². The van der Waals surface area contributed by atoms with Gasteiger partial charge in [-0.1, -0.05) is 45.5 Å². The molecule has 2 bridgehead atoms. The standard InChI is InChI=1S/C33H25BrFN3O5S2/c34-15-6-11-22(43-14-23(39)36-17-9-7-16(35)8-10-17)19(12-15)24-25-20-13-21(28(25)44-30-29(24)45-33(42)37-30)27-26(20)31(40)38(32(27)41)18-4-2-1-3-5-18/h1-12,20-21,24-28H,13-14H2,(H,36,39)(H,37,42)/t20-,21-,24-,25?,26?,27?,28?/m1/s1. The lowest BCUT2D eigenvalue weighted by Crippen LogP contribution is -2.42. The van der Waals surface area contributed by atoms with E-state index >= 15 is 0 Å². The van der Waals surface area contributed by atoms with Gasteiger partial charge in [0.15, 0.2) is 6.61 Å². The lowest BCUT2D eigenvalue weighted by Gasteiger charge is -2.43. The Morgan fingerprint density at radius 3 is 2.49 bits per heavy atom. The number of benzene rings is 3. The van der Waals surface area contributed by atoms with Crippen molar-refractivity contribution in [1.82, 2.24) is 4.98 Å². The van der Waals surface area contributed by atoms with Crippen LogP contribution in [-0.2, 0) is 14.4 Å². The number of halogens is 2. The van der Waals surface area contributed by atoms with Crippen LogP contribution in [-0.4, -0.2) is 34.6 Å². The number of para-hydroxylation sites is 1. The number of carbonyl (C=O) groups excluding carboxylic acids is 3. The molecule has 0 radical (unpaired) electrons. The quantitative estimate of drug-likeness (QED) is 0.237. The van der Waals surface area contributed by atoms with Gasteiger partial charge >= 0.3 is 4.87 Å². The number of hydrogen-bond donors (Lipinski definition) is 2. The second kappa shape index (κ2) is 11.0. The minimum absolute atomic E-state index is 0.0140. The van der Waals surface area contributed by atoms with E-state index in [1.807, 2.05) is 30.3 Å². The maximum absolute atomic E-state index is 14.0. The maximum Gasteiger partial charge on any atom is 0.305 e. The molecule has 8 nitrogen and oxygen atoms in total.